The molecule has 1 rings (SSSR count). The zero-order chi connectivity index (χ0) is 12.1. The minimum Gasteiger partial charge on any atom is -0.548 e. The Morgan fingerprint density at radius 1 is 1.53 bits per heavy atom. The Hall–Kier alpha value is -0.520. The number of nitrogens with zero attached hydrogens (tertiary/aromatic N) is 1. The van der Waals surface area contributed by atoms with E-state index < -0.39 is 18.0 Å². The van der Waals surface area contributed by atoms with Crippen molar-refractivity contribution in [2.75, 3.05) is 13.2 Å². The van der Waals surface area contributed by atoms with Crippen LogP contribution < -0.4 is 34.7 Å². The summed E-state index contributed by atoms with van der Waals surface area (Å²) >= 11 is 0. The van der Waals surface area contributed by atoms with Crippen molar-refractivity contribution in [1.82, 2.24) is 4.90 Å². The molecule has 90 valence electrons. The fourth-order valence-corrected chi connectivity index (χ4v) is 1.87. The first-order chi connectivity index (χ1) is 7.56. The van der Waals surface area contributed by atoms with E-state index in [4.69, 9.17) is 4.74 Å². The Morgan fingerprint density at radius 3 is 2.71 bits per heavy atom. The number of hydrogen-bond acceptors (Lipinski definition) is 5. The molecule has 0 N–H and O–H groups in total. The molecule has 0 saturated carbocycles. The maximum Gasteiger partial charge on any atom is 1.00 e. The van der Waals surface area contributed by atoms with Gasteiger partial charge in [0.2, 0.25) is 0 Å². The average Bonchev–Trinajstić information content (AvgIpc) is 2.65. The fourth-order valence-electron chi connectivity index (χ4n) is 1.87. The van der Waals surface area contributed by atoms with E-state index in [9.17, 15) is 14.7 Å². The van der Waals surface area contributed by atoms with Crippen LogP contribution in [0.5, 0.6) is 0 Å². The van der Waals surface area contributed by atoms with Crippen LogP contribution in [0.1, 0.15) is 26.7 Å². The second kappa shape index (κ2) is 7.74. The van der Waals surface area contributed by atoms with E-state index in [1.165, 1.54) is 6.08 Å². The van der Waals surface area contributed by atoms with Gasteiger partial charge in [0.1, 0.15) is 0 Å². The molecule has 0 spiro atoms. The fraction of sp³-hybridized carbons (Fsp3) is 0.636. The summed E-state index contributed by atoms with van der Waals surface area (Å²) in [6.07, 6.45) is 2.69. The third kappa shape index (κ3) is 4.69. The molecule has 0 bridgehead atoms. The Balaban J connectivity index is 0.00000256. The van der Waals surface area contributed by atoms with Crippen LogP contribution in [-0.4, -0.2) is 36.0 Å². The maximum atomic E-state index is 11.2. The van der Waals surface area contributed by atoms with Crippen LogP contribution in [0.4, 0.5) is 0 Å². The van der Waals surface area contributed by atoms with Crippen LogP contribution >= 0.6 is 0 Å². The van der Waals surface area contributed by atoms with E-state index in [-0.39, 0.29) is 29.6 Å². The summed E-state index contributed by atoms with van der Waals surface area (Å²) < 4.78 is 4.76. The third-order valence-electron chi connectivity index (χ3n) is 2.59. The van der Waals surface area contributed by atoms with Crippen molar-refractivity contribution < 1.29 is 49.0 Å². The van der Waals surface area contributed by atoms with Crippen molar-refractivity contribution >= 4 is 11.9 Å². The molecule has 0 aromatic rings. The molecule has 5 nitrogen and oxygen atoms in total. The van der Waals surface area contributed by atoms with Crippen LogP contribution in [0.3, 0.4) is 0 Å². The largest absolute Gasteiger partial charge is 1.00 e. The first-order valence-electron chi connectivity index (χ1n) is 5.38. The van der Waals surface area contributed by atoms with E-state index in [0.29, 0.717) is 25.3 Å². The number of carboxylic acids is 1. The average molecular weight is 249 g/mol. The number of esters is 1. The first-order valence-corrected chi connectivity index (χ1v) is 5.38. The number of hydrogen-bond donors (Lipinski definition) is 0. The molecular formula is C11H16NNaO4. The first kappa shape index (κ1) is 16.5. The smallest absolute Gasteiger partial charge is 0.548 e. The molecule has 0 aromatic heterocycles. The minimum absolute atomic E-state index is 0. The number of rotatable bonds is 4. The maximum absolute atomic E-state index is 11.2. The molecule has 0 amide bonds. The predicted octanol–water partition coefficient (Wildman–Crippen LogP) is -3.33. The van der Waals surface area contributed by atoms with Crippen LogP contribution in [0.25, 0.3) is 0 Å². The van der Waals surface area contributed by atoms with Crippen LogP contribution in [0, 0.1) is 0 Å². The molecule has 1 aliphatic heterocycles. The summed E-state index contributed by atoms with van der Waals surface area (Å²) in [5.41, 5.74) is 0.616. The summed E-state index contributed by atoms with van der Waals surface area (Å²) in [6.45, 7) is 4.38. The van der Waals surface area contributed by atoms with Crippen LogP contribution in [-0.2, 0) is 14.3 Å². The molecule has 0 aromatic carbocycles. The summed E-state index contributed by atoms with van der Waals surface area (Å²) in [7, 11) is 0. The van der Waals surface area contributed by atoms with Crippen LogP contribution in [0.15, 0.2) is 11.8 Å². The summed E-state index contributed by atoms with van der Waals surface area (Å²) in [4.78, 5) is 23.7. The van der Waals surface area contributed by atoms with Gasteiger partial charge in [-0.1, -0.05) is 0 Å². The Kier molecular flexibility index (Phi) is 7.50. The molecule has 0 radical (unpaired) electrons. The minimum atomic E-state index is -1.09. The van der Waals surface area contributed by atoms with E-state index >= 15 is 0 Å². The molecule has 1 fully saturated rings. The SMILES string of the molecule is CCOC(=O)C=C(C)N1CCC[C@H]1C(=O)[O-].[Na+]. The summed E-state index contributed by atoms with van der Waals surface area (Å²) in [5.74, 6) is -1.53. The Bertz CT molecular complexity index is 317. The van der Waals surface area contributed by atoms with E-state index in [1.807, 2.05) is 0 Å². The van der Waals surface area contributed by atoms with Gasteiger partial charge in [-0.25, -0.2) is 4.79 Å². The predicted molar refractivity (Wildman–Crippen MR) is 55.1 cm³/mol. The van der Waals surface area contributed by atoms with Gasteiger partial charge in [0.05, 0.1) is 18.6 Å². The van der Waals surface area contributed by atoms with Gasteiger partial charge in [0.25, 0.3) is 0 Å². The number of carbonyl (C=O) groups is 2. The topological polar surface area (TPSA) is 69.7 Å². The van der Waals surface area contributed by atoms with Crippen molar-refractivity contribution in [3.05, 3.63) is 11.8 Å². The molecule has 1 aliphatic rings. The van der Waals surface area contributed by atoms with Gasteiger partial charge in [-0.2, -0.15) is 0 Å². The number of likely N-dealkylation sites (tertiary alicyclic amines) is 1. The number of carboxylic acid groups (broad SMARTS) is 1. The second-order valence-electron chi connectivity index (χ2n) is 3.71. The Labute approximate surface area is 123 Å². The van der Waals surface area contributed by atoms with E-state index in [1.54, 1.807) is 18.7 Å². The number of allylic oxidation sites excluding steroid dienone is 1. The van der Waals surface area contributed by atoms with Gasteiger partial charge in [-0.3, -0.25) is 0 Å². The molecule has 1 saturated heterocycles. The Morgan fingerprint density at radius 2 is 2.18 bits per heavy atom. The van der Waals surface area contributed by atoms with Gasteiger partial charge in [0.15, 0.2) is 0 Å². The van der Waals surface area contributed by atoms with Crippen molar-refractivity contribution in [1.29, 1.82) is 0 Å². The zero-order valence-electron chi connectivity index (χ0n) is 10.6. The third-order valence-corrected chi connectivity index (χ3v) is 2.59. The number of aliphatic carboxylic acids is 1. The normalized spacial score (nSPS) is 19.8. The molecule has 1 heterocycles. The summed E-state index contributed by atoms with van der Waals surface area (Å²) in [6, 6.07) is -0.620. The molecule has 0 aliphatic carbocycles. The van der Waals surface area contributed by atoms with E-state index in [2.05, 4.69) is 0 Å². The number of ether oxygens (including phenoxy) is 1. The van der Waals surface area contributed by atoms with Gasteiger partial charge >= 0.3 is 35.5 Å². The number of carbonyl (C=O) groups excluding carboxylic acids is 2. The standard InChI is InChI=1S/C11H17NO4.Na/c1-3-16-10(13)7-8(2)12-6-4-5-9(12)11(14)15;/h7,9H,3-6H2,1-2H3,(H,14,15);/q;+1/p-1/t9-;/m0./s1. The van der Waals surface area contributed by atoms with Crippen molar-refractivity contribution in [3.63, 3.8) is 0 Å². The van der Waals surface area contributed by atoms with Gasteiger partial charge in [0, 0.05) is 18.3 Å². The molecule has 6 heteroatoms. The molecule has 0 unspecified atom stereocenters. The van der Waals surface area contributed by atoms with Gasteiger partial charge in [-0.15, -0.1) is 0 Å². The monoisotopic (exact) mass is 249 g/mol. The van der Waals surface area contributed by atoms with Crippen molar-refractivity contribution in [3.8, 4) is 0 Å². The summed E-state index contributed by atoms with van der Waals surface area (Å²) in [5, 5.41) is 10.8. The molecule has 17 heavy (non-hydrogen) atoms. The van der Waals surface area contributed by atoms with Crippen LogP contribution in [0.2, 0.25) is 0 Å². The van der Waals surface area contributed by atoms with Crippen molar-refractivity contribution in [2.24, 2.45) is 0 Å². The quantitative estimate of drug-likeness (QED) is 0.296. The van der Waals surface area contributed by atoms with Gasteiger partial charge in [-0.05, 0) is 26.7 Å². The molecule has 1 atom stereocenters. The van der Waals surface area contributed by atoms with Gasteiger partial charge < -0.3 is 19.5 Å². The van der Waals surface area contributed by atoms with Crippen molar-refractivity contribution in [2.45, 2.75) is 32.7 Å². The molecular weight excluding hydrogens is 233 g/mol. The zero-order valence-corrected chi connectivity index (χ0v) is 12.6. The second-order valence-corrected chi connectivity index (χ2v) is 3.71. The van der Waals surface area contributed by atoms with E-state index in [0.717, 1.165) is 6.42 Å².